The van der Waals surface area contributed by atoms with Crippen LogP contribution in [-0.2, 0) is 9.53 Å². The Labute approximate surface area is 97.6 Å². The van der Waals surface area contributed by atoms with Gasteiger partial charge in [-0.25, -0.2) is 0 Å². The maximum absolute atomic E-state index is 10.5. The Bertz CT molecular complexity index is 344. The van der Waals surface area contributed by atoms with Crippen LogP contribution in [0.3, 0.4) is 0 Å². The molecule has 1 heterocycles. The molecule has 0 saturated carbocycles. The molecule has 0 amide bonds. The molecule has 1 aromatic heterocycles. The molecule has 0 aliphatic heterocycles. The van der Waals surface area contributed by atoms with E-state index in [2.05, 4.69) is 15.5 Å². The van der Waals surface area contributed by atoms with Crippen molar-refractivity contribution in [3.63, 3.8) is 0 Å². The fourth-order valence-corrected chi connectivity index (χ4v) is 1.16. The third-order valence-corrected chi connectivity index (χ3v) is 2.08. The maximum Gasteiger partial charge on any atom is 0.306 e. The van der Waals surface area contributed by atoms with Crippen LogP contribution >= 0.6 is 11.6 Å². The van der Waals surface area contributed by atoms with Gasteiger partial charge in [-0.15, -0.1) is 10.2 Å². The first-order valence-electron chi connectivity index (χ1n) is 4.59. The predicted molar refractivity (Wildman–Crippen MR) is 58.6 cm³/mol. The molecule has 0 radical (unpaired) electrons. The molecule has 0 saturated heterocycles. The first-order chi connectivity index (χ1) is 7.61. The lowest BCUT2D eigenvalue weighted by Gasteiger charge is -2.13. The van der Waals surface area contributed by atoms with Crippen LogP contribution in [0.4, 0.5) is 5.82 Å². The van der Waals surface area contributed by atoms with Gasteiger partial charge in [0.2, 0.25) is 0 Å². The summed E-state index contributed by atoms with van der Waals surface area (Å²) in [5, 5.41) is 19.2. The third kappa shape index (κ3) is 4.41. The van der Waals surface area contributed by atoms with Gasteiger partial charge in [0, 0.05) is 13.7 Å². The lowest BCUT2D eigenvalue weighted by atomic mass is 10.2. The van der Waals surface area contributed by atoms with E-state index in [9.17, 15) is 4.79 Å². The molecule has 16 heavy (non-hydrogen) atoms. The van der Waals surface area contributed by atoms with E-state index in [4.69, 9.17) is 21.4 Å². The minimum absolute atomic E-state index is 0.0650. The second kappa shape index (κ2) is 6.24. The zero-order valence-corrected chi connectivity index (χ0v) is 9.44. The Morgan fingerprint density at radius 1 is 1.62 bits per heavy atom. The number of aliphatic carboxylic acids is 1. The van der Waals surface area contributed by atoms with Crippen molar-refractivity contribution in [2.45, 2.75) is 12.5 Å². The Morgan fingerprint density at radius 3 is 2.88 bits per heavy atom. The normalized spacial score (nSPS) is 12.1. The summed E-state index contributed by atoms with van der Waals surface area (Å²) in [6.07, 6.45) is -0.472. The van der Waals surface area contributed by atoms with Gasteiger partial charge in [0.15, 0.2) is 5.15 Å². The summed E-state index contributed by atoms with van der Waals surface area (Å²) in [5.74, 6) is -0.382. The zero-order valence-electron chi connectivity index (χ0n) is 8.68. The number of nitrogens with zero attached hydrogens (tertiary/aromatic N) is 2. The van der Waals surface area contributed by atoms with Gasteiger partial charge >= 0.3 is 5.97 Å². The molecular formula is C9H12ClN3O3. The van der Waals surface area contributed by atoms with Gasteiger partial charge in [0.05, 0.1) is 12.5 Å². The molecule has 0 fully saturated rings. The topological polar surface area (TPSA) is 84.3 Å². The number of aromatic nitrogens is 2. The number of hydrogen-bond acceptors (Lipinski definition) is 5. The molecule has 0 aliphatic rings. The molecular weight excluding hydrogens is 234 g/mol. The first kappa shape index (κ1) is 12.7. The van der Waals surface area contributed by atoms with Crippen molar-refractivity contribution < 1.29 is 14.6 Å². The first-order valence-corrected chi connectivity index (χ1v) is 4.97. The Balaban J connectivity index is 2.43. The Kier molecular flexibility index (Phi) is 4.94. The zero-order chi connectivity index (χ0) is 12.0. The lowest BCUT2D eigenvalue weighted by Crippen LogP contribution is -2.25. The molecule has 88 valence electrons. The second-order valence-corrected chi connectivity index (χ2v) is 3.47. The summed E-state index contributed by atoms with van der Waals surface area (Å²) in [7, 11) is 1.46. The molecule has 1 unspecified atom stereocenters. The van der Waals surface area contributed by atoms with Gasteiger partial charge in [-0.05, 0) is 12.1 Å². The molecule has 0 aliphatic carbocycles. The van der Waals surface area contributed by atoms with E-state index < -0.39 is 12.1 Å². The second-order valence-electron chi connectivity index (χ2n) is 3.08. The van der Waals surface area contributed by atoms with Crippen LogP contribution in [0.15, 0.2) is 12.1 Å². The van der Waals surface area contributed by atoms with Crippen molar-refractivity contribution in [2.24, 2.45) is 0 Å². The highest BCUT2D eigenvalue weighted by atomic mass is 35.5. The van der Waals surface area contributed by atoms with E-state index in [0.29, 0.717) is 17.5 Å². The Hall–Kier alpha value is -1.40. The van der Waals surface area contributed by atoms with E-state index in [1.807, 2.05) is 0 Å². The smallest absolute Gasteiger partial charge is 0.306 e. The molecule has 1 aromatic rings. The van der Waals surface area contributed by atoms with Gasteiger partial charge in [0.25, 0.3) is 0 Å². The van der Waals surface area contributed by atoms with E-state index >= 15 is 0 Å². The standard InChI is InChI=1S/C9H12ClN3O3/c1-16-6(4-9(14)15)5-11-8-3-2-7(10)12-13-8/h2-3,6H,4-5H2,1H3,(H,11,13)(H,14,15). The number of rotatable bonds is 6. The summed E-state index contributed by atoms with van der Waals surface area (Å²) in [6.45, 7) is 0.346. The van der Waals surface area contributed by atoms with E-state index in [-0.39, 0.29) is 6.42 Å². The summed E-state index contributed by atoms with van der Waals surface area (Å²) in [4.78, 5) is 10.5. The van der Waals surface area contributed by atoms with Gasteiger partial charge in [-0.1, -0.05) is 11.6 Å². The van der Waals surface area contributed by atoms with E-state index in [0.717, 1.165) is 0 Å². The highest BCUT2D eigenvalue weighted by Gasteiger charge is 2.11. The van der Waals surface area contributed by atoms with Crippen molar-refractivity contribution in [3.8, 4) is 0 Å². The van der Waals surface area contributed by atoms with Gasteiger partial charge in [-0.2, -0.15) is 0 Å². The Morgan fingerprint density at radius 2 is 2.38 bits per heavy atom. The fourth-order valence-electron chi connectivity index (χ4n) is 1.06. The summed E-state index contributed by atoms with van der Waals surface area (Å²) in [6, 6.07) is 3.25. The average molecular weight is 246 g/mol. The number of carbonyl (C=O) groups is 1. The molecule has 0 bridgehead atoms. The lowest BCUT2D eigenvalue weighted by molar-refractivity contribution is -0.139. The number of hydrogen-bond donors (Lipinski definition) is 2. The highest BCUT2D eigenvalue weighted by Crippen LogP contribution is 2.07. The molecule has 7 heteroatoms. The van der Waals surface area contributed by atoms with E-state index in [1.54, 1.807) is 12.1 Å². The van der Waals surface area contributed by atoms with Crippen molar-refractivity contribution in [1.29, 1.82) is 0 Å². The fraction of sp³-hybridized carbons (Fsp3) is 0.444. The number of nitrogens with one attached hydrogen (secondary N) is 1. The predicted octanol–water partition coefficient (Wildman–Crippen LogP) is 1.03. The highest BCUT2D eigenvalue weighted by molar-refractivity contribution is 6.29. The van der Waals surface area contributed by atoms with Crippen LogP contribution in [0.5, 0.6) is 0 Å². The number of methoxy groups -OCH3 is 1. The minimum atomic E-state index is -0.907. The van der Waals surface area contributed by atoms with Crippen LogP contribution in [0.2, 0.25) is 5.15 Å². The quantitative estimate of drug-likeness (QED) is 0.779. The van der Waals surface area contributed by atoms with Crippen molar-refractivity contribution in [1.82, 2.24) is 10.2 Å². The molecule has 6 nitrogen and oxygen atoms in total. The number of halogens is 1. The summed E-state index contributed by atoms with van der Waals surface area (Å²) >= 11 is 5.57. The SMILES string of the molecule is COC(CNc1ccc(Cl)nn1)CC(=O)O. The van der Waals surface area contributed by atoms with Crippen molar-refractivity contribution in [2.75, 3.05) is 19.0 Å². The number of ether oxygens (including phenoxy) is 1. The van der Waals surface area contributed by atoms with E-state index in [1.165, 1.54) is 7.11 Å². The van der Waals surface area contributed by atoms with Gasteiger partial charge in [-0.3, -0.25) is 4.79 Å². The average Bonchev–Trinajstić information content (AvgIpc) is 2.26. The van der Waals surface area contributed by atoms with Gasteiger partial charge < -0.3 is 15.2 Å². The number of carboxylic acid groups (broad SMARTS) is 1. The van der Waals surface area contributed by atoms with Crippen molar-refractivity contribution >= 4 is 23.4 Å². The molecule has 0 spiro atoms. The van der Waals surface area contributed by atoms with Crippen LogP contribution in [-0.4, -0.2) is 41.0 Å². The largest absolute Gasteiger partial charge is 0.481 e. The maximum atomic E-state index is 10.5. The summed E-state index contributed by atoms with van der Waals surface area (Å²) < 4.78 is 4.99. The molecule has 1 rings (SSSR count). The summed E-state index contributed by atoms with van der Waals surface area (Å²) in [5.41, 5.74) is 0. The van der Waals surface area contributed by atoms with Gasteiger partial charge in [0.1, 0.15) is 5.82 Å². The van der Waals surface area contributed by atoms with Crippen LogP contribution < -0.4 is 5.32 Å². The monoisotopic (exact) mass is 245 g/mol. The van der Waals surface area contributed by atoms with Crippen molar-refractivity contribution in [3.05, 3.63) is 17.3 Å². The molecule has 0 aromatic carbocycles. The minimum Gasteiger partial charge on any atom is -0.481 e. The van der Waals surface area contributed by atoms with Crippen LogP contribution in [0.1, 0.15) is 6.42 Å². The molecule has 1 atom stereocenters. The third-order valence-electron chi connectivity index (χ3n) is 1.88. The molecule has 2 N–H and O–H groups in total. The number of carboxylic acids is 1. The van der Waals surface area contributed by atoms with Crippen LogP contribution in [0, 0.1) is 0 Å². The van der Waals surface area contributed by atoms with Crippen LogP contribution in [0.25, 0.3) is 0 Å². The number of anilines is 1.